The van der Waals surface area contributed by atoms with Gasteiger partial charge in [0, 0.05) is 18.9 Å². The van der Waals surface area contributed by atoms with E-state index in [0.29, 0.717) is 18.3 Å². The number of aliphatic hydroxyl groups excluding tert-OH is 1. The van der Waals surface area contributed by atoms with Crippen LogP contribution in [0.2, 0.25) is 0 Å². The van der Waals surface area contributed by atoms with Crippen LogP contribution in [0.15, 0.2) is 24.3 Å². The zero-order chi connectivity index (χ0) is 18.1. The Bertz CT molecular complexity index is 600. The summed E-state index contributed by atoms with van der Waals surface area (Å²) in [4.78, 5) is 2.06. The summed E-state index contributed by atoms with van der Waals surface area (Å²) in [5, 5.41) is 22.9. The van der Waals surface area contributed by atoms with Crippen molar-refractivity contribution in [3.8, 4) is 5.75 Å². The van der Waals surface area contributed by atoms with Gasteiger partial charge in [0.2, 0.25) is 0 Å². The Labute approximate surface area is 157 Å². The Hall–Kier alpha value is -1.10. The molecule has 2 aliphatic carbocycles. The number of benzene rings is 1. The molecule has 1 aliphatic heterocycles. The van der Waals surface area contributed by atoms with Crippen LogP contribution in [0.4, 0.5) is 0 Å². The third-order valence-electron chi connectivity index (χ3n) is 7.18. The highest BCUT2D eigenvalue weighted by atomic mass is 16.5. The number of fused-ring (bicyclic) bond motifs is 1. The molecule has 2 saturated carbocycles. The van der Waals surface area contributed by atoms with Gasteiger partial charge in [0.15, 0.2) is 0 Å². The molecule has 0 spiro atoms. The van der Waals surface area contributed by atoms with Crippen LogP contribution in [-0.2, 0) is 6.42 Å². The monoisotopic (exact) mass is 359 g/mol. The van der Waals surface area contributed by atoms with Gasteiger partial charge < -0.3 is 14.9 Å². The van der Waals surface area contributed by atoms with Gasteiger partial charge in [-0.05, 0) is 61.6 Å². The number of hydrogen-bond donors (Lipinski definition) is 2. The summed E-state index contributed by atoms with van der Waals surface area (Å²) >= 11 is 0. The fourth-order valence-corrected chi connectivity index (χ4v) is 5.48. The Balaban J connectivity index is 1.61. The zero-order valence-electron chi connectivity index (χ0n) is 15.9. The van der Waals surface area contributed by atoms with E-state index in [1.165, 1.54) is 32.1 Å². The largest absolute Gasteiger partial charge is 0.497 e. The summed E-state index contributed by atoms with van der Waals surface area (Å²) in [6.45, 7) is 0.830. The molecule has 0 aromatic heterocycles. The predicted molar refractivity (Wildman–Crippen MR) is 102 cm³/mol. The molecular weight excluding hydrogens is 326 g/mol. The first kappa shape index (κ1) is 18.3. The maximum absolute atomic E-state index is 12.0. The minimum atomic E-state index is -0.938. The summed E-state index contributed by atoms with van der Waals surface area (Å²) in [5.41, 5.74) is 0.178. The molecule has 4 heteroatoms. The molecule has 3 fully saturated rings. The van der Waals surface area contributed by atoms with Gasteiger partial charge in [-0.3, -0.25) is 0 Å². The van der Waals surface area contributed by atoms with Crippen molar-refractivity contribution < 1.29 is 14.9 Å². The maximum atomic E-state index is 12.0. The summed E-state index contributed by atoms with van der Waals surface area (Å²) in [6, 6.07) is 8.04. The van der Waals surface area contributed by atoms with Crippen LogP contribution < -0.4 is 4.74 Å². The van der Waals surface area contributed by atoms with Crippen molar-refractivity contribution in [2.75, 3.05) is 13.7 Å². The van der Waals surface area contributed by atoms with Gasteiger partial charge in [-0.2, -0.15) is 0 Å². The number of piperidine rings is 1. The van der Waals surface area contributed by atoms with E-state index >= 15 is 0 Å². The molecule has 3 unspecified atom stereocenters. The minimum Gasteiger partial charge on any atom is -0.497 e. The fourth-order valence-electron chi connectivity index (χ4n) is 5.48. The predicted octanol–water partition coefficient (Wildman–Crippen LogP) is 3.56. The highest BCUT2D eigenvalue weighted by Crippen LogP contribution is 2.48. The Kier molecular flexibility index (Phi) is 5.27. The van der Waals surface area contributed by atoms with Crippen LogP contribution in [0.25, 0.3) is 0 Å². The molecular formula is C22H33NO3. The first-order valence-electron chi connectivity index (χ1n) is 10.4. The summed E-state index contributed by atoms with van der Waals surface area (Å²) in [6.07, 6.45) is 9.29. The highest BCUT2D eigenvalue weighted by Gasteiger charge is 2.53. The van der Waals surface area contributed by atoms with E-state index in [2.05, 4.69) is 17.0 Å². The Morgan fingerprint density at radius 3 is 2.46 bits per heavy atom. The lowest BCUT2D eigenvalue weighted by molar-refractivity contribution is -0.259. The van der Waals surface area contributed by atoms with Gasteiger partial charge in [-0.1, -0.05) is 31.4 Å². The number of likely N-dealkylation sites (tertiary alicyclic amines) is 1. The Morgan fingerprint density at radius 2 is 1.81 bits per heavy atom. The van der Waals surface area contributed by atoms with Crippen molar-refractivity contribution >= 4 is 0 Å². The molecule has 1 saturated heterocycles. The van der Waals surface area contributed by atoms with Crippen LogP contribution in [0, 0.1) is 17.8 Å². The van der Waals surface area contributed by atoms with E-state index in [-0.39, 0.29) is 5.92 Å². The lowest BCUT2D eigenvalue weighted by Gasteiger charge is -2.56. The van der Waals surface area contributed by atoms with Crippen LogP contribution in [0.5, 0.6) is 5.75 Å². The molecule has 0 amide bonds. The summed E-state index contributed by atoms with van der Waals surface area (Å²) < 4.78 is 5.27. The first-order valence-corrected chi connectivity index (χ1v) is 10.4. The van der Waals surface area contributed by atoms with Crippen LogP contribution in [0.3, 0.4) is 0 Å². The van der Waals surface area contributed by atoms with Crippen molar-refractivity contribution in [2.24, 2.45) is 17.8 Å². The van der Waals surface area contributed by atoms with E-state index in [0.717, 1.165) is 37.1 Å². The second kappa shape index (κ2) is 7.49. The van der Waals surface area contributed by atoms with Gasteiger partial charge in [-0.15, -0.1) is 0 Å². The van der Waals surface area contributed by atoms with E-state index < -0.39 is 12.0 Å². The standard InChI is InChI=1S/C22H33NO3/c1-26-19-11-9-16(10-12-19)14-22(25)20-8-3-2-7-18(20)13-21(24)23(22)15-17-5-4-6-17/h9-12,17-18,20-21,24-25H,2-8,13-15H2,1H3/t18?,20?,21?,22-/m0/s1. The van der Waals surface area contributed by atoms with Crippen molar-refractivity contribution in [1.82, 2.24) is 4.90 Å². The average molecular weight is 360 g/mol. The molecule has 4 atom stereocenters. The van der Waals surface area contributed by atoms with Gasteiger partial charge in [0.1, 0.15) is 17.7 Å². The number of methoxy groups -OCH3 is 1. The lowest BCUT2D eigenvalue weighted by atomic mass is 9.66. The molecule has 144 valence electrons. The number of ether oxygens (including phenoxy) is 1. The molecule has 4 nitrogen and oxygen atoms in total. The number of hydrogen-bond acceptors (Lipinski definition) is 4. The summed E-state index contributed by atoms with van der Waals surface area (Å²) in [5.74, 6) is 2.18. The highest BCUT2D eigenvalue weighted by molar-refractivity contribution is 5.28. The molecule has 1 heterocycles. The van der Waals surface area contributed by atoms with Crippen LogP contribution >= 0.6 is 0 Å². The summed E-state index contributed by atoms with van der Waals surface area (Å²) in [7, 11) is 1.67. The molecule has 3 aliphatic rings. The number of rotatable bonds is 5. The normalized spacial score (nSPS) is 35.6. The second-order valence-corrected chi connectivity index (χ2v) is 8.72. The number of aliphatic hydroxyl groups is 2. The van der Waals surface area contributed by atoms with Crippen LogP contribution in [-0.4, -0.2) is 40.7 Å². The van der Waals surface area contributed by atoms with E-state index in [1.54, 1.807) is 7.11 Å². The van der Waals surface area contributed by atoms with Crippen molar-refractivity contribution in [1.29, 1.82) is 0 Å². The fraction of sp³-hybridized carbons (Fsp3) is 0.727. The molecule has 4 rings (SSSR count). The number of nitrogens with zero attached hydrogens (tertiary/aromatic N) is 1. The third kappa shape index (κ3) is 3.39. The van der Waals surface area contributed by atoms with Gasteiger partial charge in [0.25, 0.3) is 0 Å². The van der Waals surface area contributed by atoms with Crippen LogP contribution in [0.1, 0.15) is 56.9 Å². The SMILES string of the molecule is COc1ccc(C[C@]2(O)C3CCCCC3CC(O)N2CC2CCC2)cc1. The quantitative estimate of drug-likeness (QED) is 0.844. The second-order valence-electron chi connectivity index (χ2n) is 8.72. The Morgan fingerprint density at radius 1 is 1.08 bits per heavy atom. The molecule has 2 N–H and O–H groups in total. The van der Waals surface area contributed by atoms with Crippen molar-refractivity contribution in [3.63, 3.8) is 0 Å². The minimum absolute atomic E-state index is 0.266. The lowest BCUT2D eigenvalue weighted by Crippen LogP contribution is -2.66. The molecule has 0 bridgehead atoms. The third-order valence-corrected chi connectivity index (χ3v) is 7.18. The maximum Gasteiger partial charge on any atom is 0.127 e. The van der Waals surface area contributed by atoms with Gasteiger partial charge in [-0.25, -0.2) is 4.90 Å². The first-order chi connectivity index (χ1) is 12.6. The van der Waals surface area contributed by atoms with E-state index in [1.807, 2.05) is 12.1 Å². The van der Waals surface area contributed by atoms with Crippen molar-refractivity contribution in [3.05, 3.63) is 29.8 Å². The smallest absolute Gasteiger partial charge is 0.127 e. The van der Waals surface area contributed by atoms with E-state index in [4.69, 9.17) is 4.74 Å². The molecule has 1 aromatic rings. The van der Waals surface area contributed by atoms with Gasteiger partial charge in [0.05, 0.1) is 7.11 Å². The zero-order valence-corrected chi connectivity index (χ0v) is 15.9. The molecule has 1 aromatic carbocycles. The average Bonchev–Trinajstić information content (AvgIpc) is 2.61. The molecule has 26 heavy (non-hydrogen) atoms. The van der Waals surface area contributed by atoms with Gasteiger partial charge >= 0.3 is 0 Å². The van der Waals surface area contributed by atoms with E-state index in [9.17, 15) is 10.2 Å². The molecule has 0 radical (unpaired) electrons. The van der Waals surface area contributed by atoms with Crippen molar-refractivity contribution in [2.45, 2.75) is 69.7 Å². The topological polar surface area (TPSA) is 52.9 Å².